The Hall–Kier alpha value is -2.78. The van der Waals surface area contributed by atoms with Gasteiger partial charge in [0.05, 0.1) is 4.92 Å². The number of nitro benzene ring substituents is 1. The number of nitro groups is 1. The number of carbonyl (C=O) groups excluding carboxylic acids is 1. The number of thioether (sulfide) groups is 1. The summed E-state index contributed by atoms with van der Waals surface area (Å²) in [5, 5.41) is 24.3. The Morgan fingerprint density at radius 1 is 1.32 bits per heavy atom. The topological polar surface area (TPSA) is 99.9 Å². The lowest BCUT2D eigenvalue weighted by Crippen LogP contribution is -2.50. The molecular weight excluding hydrogens is 402 g/mol. The van der Waals surface area contributed by atoms with E-state index in [1.807, 2.05) is 31.2 Å². The lowest BCUT2D eigenvalue weighted by Gasteiger charge is -2.43. The van der Waals surface area contributed by atoms with Gasteiger partial charge in [-0.3, -0.25) is 19.9 Å². The summed E-state index contributed by atoms with van der Waals surface area (Å²) in [5.41, 5.74) is 1.98. The van der Waals surface area contributed by atoms with Crippen LogP contribution in [0.3, 0.4) is 0 Å². The molecule has 2 atom stereocenters. The van der Waals surface area contributed by atoms with E-state index >= 15 is 0 Å². The fourth-order valence-corrected chi connectivity index (χ4v) is 4.11. The highest BCUT2D eigenvalue weighted by molar-refractivity contribution is 8.13. The normalized spacial score (nSPS) is 20.4. The number of benzene rings is 2. The molecular formula is C18H16ClN5O3S. The number of anilines is 1. The lowest BCUT2D eigenvalue weighted by atomic mass is 9.97. The van der Waals surface area contributed by atoms with Crippen molar-refractivity contribution in [3.05, 3.63) is 68.7 Å². The van der Waals surface area contributed by atoms with Crippen molar-refractivity contribution >= 4 is 45.8 Å². The van der Waals surface area contributed by atoms with Gasteiger partial charge in [-0.25, -0.2) is 0 Å². The maximum Gasteiger partial charge on any atom is 0.288 e. The second kappa shape index (κ2) is 7.33. The molecule has 2 aliphatic heterocycles. The maximum absolute atomic E-state index is 12.9. The molecule has 0 bridgehead atoms. The number of nitrogens with zero attached hydrogens (tertiary/aromatic N) is 3. The molecule has 2 aromatic rings. The summed E-state index contributed by atoms with van der Waals surface area (Å²) in [4.78, 5) is 23.7. The van der Waals surface area contributed by atoms with E-state index in [4.69, 9.17) is 11.6 Å². The van der Waals surface area contributed by atoms with Gasteiger partial charge in [-0.2, -0.15) is 0 Å². The number of amides is 1. The van der Waals surface area contributed by atoms with Gasteiger partial charge in [0.1, 0.15) is 11.2 Å². The molecule has 144 valence electrons. The van der Waals surface area contributed by atoms with Crippen molar-refractivity contribution in [3.8, 4) is 0 Å². The first-order valence-electron chi connectivity index (χ1n) is 8.59. The molecule has 2 unspecified atom stereocenters. The third-order valence-electron chi connectivity index (χ3n) is 4.53. The number of hydrogen-bond donors (Lipinski definition) is 2. The van der Waals surface area contributed by atoms with Crippen LogP contribution in [0.15, 0.2) is 47.6 Å². The van der Waals surface area contributed by atoms with Crippen LogP contribution < -0.4 is 10.6 Å². The molecule has 0 aliphatic carbocycles. The Balaban J connectivity index is 1.85. The van der Waals surface area contributed by atoms with Crippen LogP contribution in [0.25, 0.3) is 0 Å². The molecule has 0 radical (unpaired) electrons. The summed E-state index contributed by atoms with van der Waals surface area (Å²) >= 11 is 7.39. The number of carbonyl (C=O) groups is 1. The fourth-order valence-electron chi connectivity index (χ4n) is 3.33. The number of fused-ring (bicyclic) bond motifs is 3. The highest BCUT2D eigenvalue weighted by atomic mass is 35.5. The summed E-state index contributed by atoms with van der Waals surface area (Å²) in [6, 6.07) is 11.4. The van der Waals surface area contributed by atoms with Crippen molar-refractivity contribution in [3.63, 3.8) is 0 Å². The van der Waals surface area contributed by atoms with E-state index in [9.17, 15) is 14.9 Å². The maximum atomic E-state index is 12.9. The predicted molar refractivity (Wildman–Crippen MR) is 109 cm³/mol. The molecule has 4 rings (SSSR count). The van der Waals surface area contributed by atoms with Crippen molar-refractivity contribution in [2.75, 3.05) is 11.1 Å². The highest BCUT2D eigenvalue weighted by Crippen LogP contribution is 2.43. The predicted octanol–water partition coefficient (Wildman–Crippen LogP) is 3.87. The molecule has 2 aliphatic rings. The largest absolute Gasteiger partial charge is 0.360 e. The van der Waals surface area contributed by atoms with Gasteiger partial charge >= 0.3 is 0 Å². The van der Waals surface area contributed by atoms with Crippen LogP contribution in [0.4, 0.5) is 11.4 Å². The zero-order valence-corrected chi connectivity index (χ0v) is 16.3. The minimum Gasteiger partial charge on any atom is -0.360 e. The van der Waals surface area contributed by atoms with Gasteiger partial charge in [0.25, 0.3) is 11.6 Å². The van der Waals surface area contributed by atoms with E-state index in [1.54, 1.807) is 11.1 Å². The molecule has 0 saturated carbocycles. The number of rotatable bonds is 3. The molecule has 1 amide bonds. The second-order valence-corrected chi connectivity index (χ2v) is 7.87. The molecule has 2 N–H and O–H groups in total. The van der Waals surface area contributed by atoms with Crippen molar-refractivity contribution in [1.29, 1.82) is 0 Å². The molecule has 2 heterocycles. The molecule has 0 spiro atoms. The van der Waals surface area contributed by atoms with Crippen molar-refractivity contribution < 1.29 is 9.72 Å². The molecule has 0 fully saturated rings. The van der Waals surface area contributed by atoms with Gasteiger partial charge in [0.2, 0.25) is 0 Å². The molecule has 8 nitrogen and oxygen atoms in total. The highest BCUT2D eigenvalue weighted by Gasteiger charge is 2.42. The number of nitrogens with one attached hydrogen (secondary N) is 2. The molecule has 2 aromatic carbocycles. The smallest absolute Gasteiger partial charge is 0.288 e. The Morgan fingerprint density at radius 2 is 2.11 bits per heavy atom. The number of hydrazone groups is 1. The van der Waals surface area contributed by atoms with E-state index in [0.29, 0.717) is 10.7 Å². The SMILES string of the molecule is CCSC1=NN2C(c3ccc(Cl)c([N+](=O)[O-])c3)Nc3ccccc3C2C(=O)N1. The molecule has 0 saturated heterocycles. The molecule has 28 heavy (non-hydrogen) atoms. The van der Waals surface area contributed by atoms with E-state index < -0.39 is 17.1 Å². The van der Waals surface area contributed by atoms with E-state index in [0.717, 1.165) is 17.0 Å². The summed E-state index contributed by atoms with van der Waals surface area (Å²) in [7, 11) is 0. The fraction of sp³-hybridized carbons (Fsp3) is 0.222. The van der Waals surface area contributed by atoms with Crippen LogP contribution in [-0.4, -0.2) is 26.8 Å². The standard InChI is InChI=1S/C18H16ClN5O3S/c1-2-28-18-21-17(25)15-11-5-3-4-6-13(11)20-16(23(15)22-18)10-7-8-12(19)14(9-10)24(26)27/h3-9,15-16,20H,2H2,1H3,(H,21,22,25). The van der Waals surface area contributed by atoms with E-state index in [-0.39, 0.29) is 16.6 Å². The number of hydrogen-bond acceptors (Lipinski definition) is 7. The van der Waals surface area contributed by atoms with E-state index in [2.05, 4.69) is 15.7 Å². The van der Waals surface area contributed by atoms with Crippen LogP contribution >= 0.6 is 23.4 Å². The van der Waals surface area contributed by atoms with Crippen LogP contribution in [0.2, 0.25) is 5.02 Å². The minimum atomic E-state index is -0.640. The van der Waals surface area contributed by atoms with Gasteiger partial charge in [0.15, 0.2) is 11.2 Å². The minimum absolute atomic E-state index is 0.0589. The van der Waals surface area contributed by atoms with E-state index in [1.165, 1.54) is 23.9 Å². The average Bonchev–Trinajstić information content (AvgIpc) is 2.67. The third-order valence-corrected chi connectivity index (χ3v) is 5.59. The van der Waals surface area contributed by atoms with Crippen LogP contribution in [0.5, 0.6) is 0 Å². The lowest BCUT2D eigenvalue weighted by molar-refractivity contribution is -0.384. The Kier molecular flexibility index (Phi) is 4.86. The van der Waals surface area contributed by atoms with Gasteiger partial charge < -0.3 is 10.6 Å². The van der Waals surface area contributed by atoms with Crippen molar-refractivity contribution in [2.45, 2.75) is 19.1 Å². The van der Waals surface area contributed by atoms with Crippen molar-refractivity contribution in [2.24, 2.45) is 5.10 Å². The zero-order valence-electron chi connectivity index (χ0n) is 14.8. The third kappa shape index (κ3) is 3.16. The van der Waals surface area contributed by atoms with Gasteiger partial charge in [-0.15, -0.1) is 5.10 Å². The number of para-hydroxylation sites is 1. The first-order valence-corrected chi connectivity index (χ1v) is 9.96. The first-order chi connectivity index (χ1) is 13.5. The average molecular weight is 418 g/mol. The Morgan fingerprint density at radius 3 is 2.86 bits per heavy atom. The van der Waals surface area contributed by atoms with Crippen LogP contribution in [0, 0.1) is 10.1 Å². The summed E-state index contributed by atoms with van der Waals surface area (Å²) in [6.07, 6.45) is -0.561. The Bertz CT molecular complexity index is 999. The molecule has 0 aromatic heterocycles. The number of amidine groups is 1. The van der Waals surface area contributed by atoms with Crippen molar-refractivity contribution in [1.82, 2.24) is 10.3 Å². The summed E-state index contributed by atoms with van der Waals surface area (Å²) in [6.45, 7) is 1.97. The second-order valence-electron chi connectivity index (χ2n) is 6.21. The summed E-state index contributed by atoms with van der Waals surface area (Å²) < 4.78 is 0. The van der Waals surface area contributed by atoms with Crippen LogP contribution in [0.1, 0.15) is 30.3 Å². The first kappa shape index (κ1) is 18.6. The molecule has 10 heteroatoms. The monoisotopic (exact) mass is 417 g/mol. The Labute approximate surface area is 170 Å². The van der Waals surface area contributed by atoms with Gasteiger partial charge in [-0.05, 0) is 17.9 Å². The quantitative estimate of drug-likeness (QED) is 0.580. The zero-order chi connectivity index (χ0) is 19.8. The van der Waals surface area contributed by atoms with Gasteiger partial charge in [-0.1, -0.05) is 54.6 Å². The summed E-state index contributed by atoms with van der Waals surface area (Å²) in [5.74, 6) is 0.562. The van der Waals surface area contributed by atoms with Crippen LogP contribution in [-0.2, 0) is 4.79 Å². The number of halogens is 1. The van der Waals surface area contributed by atoms with Gasteiger partial charge in [0, 0.05) is 22.9 Å².